The van der Waals surface area contributed by atoms with Gasteiger partial charge in [0.2, 0.25) is 0 Å². The SMILES string of the molecule is CCOc1cc(C2C3=C(CC(C)(C)CC3=O)N(C3CCCCC3)C3=C2C(=O)CC(C)(C)C3)cc(Br)c1OCc1c(C)ccc2ccccc12. The van der Waals surface area contributed by atoms with E-state index in [4.69, 9.17) is 9.47 Å². The molecule has 6 heteroatoms. The second-order valence-electron chi connectivity index (χ2n) is 16.3. The fourth-order valence-electron chi connectivity index (χ4n) is 9.05. The zero-order chi connectivity index (χ0) is 34.7. The van der Waals surface area contributed by atoms with Crippen molar-refractivity contribution in [1.82, 2.24) is 4.90 Å². The van der Waals surface area contributed by atoms with Crippen LogP contribution in [-0.2, 0) is 16.2 Å². The van der Waals surface area contributed by atoms with Crippen LogP contribution < -0.4 is 9.47 Å². The van der Waals surface area contributed by atoms with Crippen molar-refractivity contribution in [2.45, 2.75) is 118 Å². The number of rotatable bonds is 7. The Balaban J connectivity index is 1.37. The van der Waals surface area contributed by atoms with Gasteiger partial charge in [-0.3, -0.25) is 9.59 Å². The summed E-state index contributed by atoms with van der Waals surface area (Å²) in [6.45, 7) is 13.8. The van der Waals surface area contributed by atoms with Crippen LogP contribution in [0, 0.1) is 17.8 Å². The molecule has 0 amide bonds. The van der Waals surface area contributed by atoms with Crippen LogP contribution in [0.5, 0.6) is 11.5 Å². The van der Waals surface area contributed by atoms with Crippen molar-refractivity contribution in [2.24, 2.45) is 10.8 Å². The van der Waals surface area contributed by atoms with Crippen LogP contribution in [0.2, 0.25) is 0 Å². The van der Waals surface area contributed by atoms with Gasteiger partial charge in [0, 0.05) is 52.9 Å². The van der Waals surface area contributed by atoms with Gasteiger partial charge in [-0.25, -0.2) is 0 Å². The first-order chi connectivity index (χ1) is 23.4. The molecule has 1 aliphatic heterocycles. The molecule has 3 aliphatic carbocycles. The lowest BCUT2D eigenvalue weighted by atomic mass is 9.63. The molecule has 0 radical (unpaired) electrons. The molecule has 49 heavy (non-hydrogen) atoms. The van der Waals surface area contributed by atoms with E-state index in [2.05, 4.69) is 97.9 Å². The smallest absolute Gasteiger partial charge is 0.175 e. The Morgan fingerprint density at radius 3 is 2.08 bits per heavy atom. The summed E-state index contributed by atoms with van der Waals surface area (Å²) in [6.07, 6.45) is 8.46. The Bertz CT molecular complexity index is 1840. The highest BCUT2D eigenvalue weighted by Crippen LogP contribution is 2.56. The number of fused-ring (bicyclic) bond motifs is 1. The second-order valence-corrected chi connectivity index (χ2v) is 17.2. The van der Waals surface area contributed by atoms with E-state index in [9.17, 15) is 9.59 Å². The number of Topliss-reactive ketones (excluding diaryl/α,β-unsaturated/α-hetero) is 2. The minimum atomic E-state index is -0.429. The molecular weight excluding hydrogens is 674 g/mol. The molecule has 1 fully saturated rings. The highest BCUT2D eigenvalue weighted by molar-refractivity contribution is 9.10. The molecular formula is C43H50BrNO4. The Morgan fingerprint density at radius 1 is 0.816 bits per heavy atom. The average molecular weight is 725 g/mol. The lowest BCUT2D eigenvalue weighted by Crippen LogP contribution is -2.48. The molecule has 0 aromatic heterocycles. The summed E-state index contributed by atoms with van der Waals surface area (Å²) in [5.74, 6) is 1.16. The van der Waals surface area contributed by atoms with E-state index in [-0.39, 0.29) is 22.4 Å². The van der Waals surface area contributed by atoms with Gasteiger partial charge in [-0.1, -0.05) is 83.4 Å². The van der Waals surface area contributed by atoms with Gasteiger partial charge < -0.3 is 14.4 Å². The van der Waals surface area contributed by atoms with E-state index in [0.717, 1.165) is 63.8 Å². The Morgan fingerprint density at radius 2 is 1.45 bits per heavy atom. The summed E-state index contributed by atoms with van der Waals surface area (Å²) in [4.78, 5) is 31.4. The van der Waals surface area contributed by atoms with E-state index < -0.39 is 5.92 Å². The highest BCUT2D eigenvalue weighted by atomic mass is 79.9. The predicted molar refractivity (Wildman–Crippen MR) is 200 cm³/mol. The van der Waals surface area contributed by atoms with Gasteiger partial charge in [0.05, 0.1) is 11.1 Å². The lowest BCUT2D eigenvalue weighted by molar-refractivity contribution is -0.119. The second kappa shape index (κ2) is 13.1. The first-order valence-corrected chi connectivity index (χ1v) is 19.0. The van der Waals surface area contributed by atoms with Gasteiger partial charge in [-0.15, -0.1) is 0 Å². The molecule has 0 atom stereocenters. The van der Waals surface area contributed by atoms with Crippen molar-refractivity contribution >= 4 is 38.3 Å². The molecule has 3 aromatic carbocycles. The fourth-order valence-corrected chi connectivity index (χ4v) is 9.62. The third-order valence-corrected chi connectivity index (χ3v) is 11.8. The van der Waals surface area contributed by atoms with Crippen LogP contribution >= 0.6 is 15.9 Å². The highest BCUT2D eigenvalue weighted by Gasteiger charge is 2.50. The number of carbonyl (C=O) groups excluding carboxylic acids is 2. The number of benzene rings is 3. The third kappa shape index (κ3) is 6.39. The van der Waals surface area contributed by atoms with Crippen LogP contribution in [0.4, 0.5) is 0 Å². The topological polar surface area (TPSA) is 55.8 Å². The molecule has 7 rings (SSSR count). The van der Waals surface area contributed by atoms with Gasteiger partial charge >= 0.3 is 0 Å². The Kier molecular flexibility index (Phi) is 9.09. The molecule has 0 bridgehead atoms. The summed E-state index contributed by atoms with van der Waals surface area (Å²) in [6, 6.07) is 17.1. The summed E-state index contributed by atoms with van der Waals surface area (Å²) < 4.78 is 13.7. The summed E-state index contributed by atoms with van der Waals surface area (Å²) in [7, 11) is 0. The Labute approximate surface area is 300 Å². The maximum absolute atomic E-state index is 14.4. The molecule has 1 saturated carbocycles. The molecule has 0 saturated heterocycles. The van der Waals surface area contributed by atoms with Crippen molar-refractivity contribution in [2.75, 3.05) is 6.61 Å². The standard InChI is InChI=1S/C43H50BrNO4/c1-7-48-37-20-28(19-32(44)41(37)49-25-31-26(2)17-18-27-13-11-12-16-30(27)31)38-39-33(21-42(3,4)23-35(39)46)45(29-14-9-8-10-15-29)34-22-43(5,6)24-36(47)40(34)38/h11-13,16-20,29,38H,7-10,14-15,21-25H2,1-6H3. The Hall–Kier alpha value is -3.38. The molecule has 0 spiro atoms. The van der Waals surface area contributed by atoms with Crippen molar-refractivity contribution in [1.29, 1.82) is 0 Å². The lowest BCUT2D eigenvalue weighted by Gasteiger charge is -2.52. The zero-order valence-corrected chi connectivity index (χ0v) is 31.6. The number of halogens is 1. The van der Waals surface area contributed by atoms with Crippen LogP contribution in [0.3, 0.4) is 0 Å². The van der Waals surface area contributed by atoms with Crippen LogP contribution in [0.15, 0.2) is 75.5 Å². The van der Waals surface area contributed by atoms with E-state index in [1.54, 1.807) is 0 Å². The number of aryl methyl sites for hydroxylation is 1. The van der Waals surface area contributed by atoms with Gasteiger partial charge in [0.25, 0.3) is 0 Å². The van der Waals surface area contributed by atoms with Crippen LogP contribution in [0.25, 0.3) is 10.8 Å². The predicted octanol–water partition coefficient (Wildman–Crippen LogP) is 10.9. The average Bonchev–Trinajstić information content (AvgIpc) is 3.03. The van der Waals surface area contributed by atoms with Gasteiger partial charge in [0.1, 0.15) is 6.61 Å². The first-order valence-electron chi connectivity index (χ1n) is 18.3. The minimum absolute atomic E-state index is 0.145. The monoisotopic (exact) mass is 723 g/mol. The molecule has 258 valence electrons. The largest absolute Gasteiger partial charge is 0.490 e. The van der Waals surface area contributed by atoms with E-state index in [0.29, 0.717) is 43.6 Å². The minimum Gasteiger partial charge on any atom is -0.490 e. The number of allylic oxidation sites excluding steroid dienone is 4. The first kappa shape index (κ1) is 34.1. The number of ketones is 2. The van der Waals surface area contributed by atoms with Gasteiger partial charge in [-0.2, -0.15) is 0 Å². The van der Waals surface area contributed by atoms with Crippen LogP contribution in [0.1, 0.15) is 115 Å². The molecule has 4 aliphatic rings. The zero-order valence-electron chi connectivity index (χ0n) is 30.0. The third-order valence-electron chi connectivity index (χ3n) is 11.2. The fraction of sp³-hybridized carbons (Fsp3) is 0.488. The van der Waals surface area contributed by atoms with Crippen LogP contribution in [-0.4, -0.2) is 29.1 Å². The number of carbonyl (C=O) groups is 2. The van der Waals surface area contributed by atoms with Crippen molar-refractivity contribution in [3.63, 3.8) is 0 Å². The van der Waals surface area contributed by atoms with Gasteiger partial charge in [-0.05, 0) is 100 Å². The van der Waals surface area contributed by atoms with E-state index >= 15 is 0 Å². The quantitative estimate of drug-likeness (QED) is 0.243. The van der Waals surface area contributed by atoms with Crippen molar-refractivity contribution in [3.8, 4) is 11.5 Å². The summed E-state index contributed by atoms with van der Waals surface area (Å²) in [5, 5.41) is 2.36. The molecule has 0 N–H and O–H groups in total. The normalized spacial score (nSPS) is 21.2. The number of hydrogen-bond acceptors (Lipinski definition) is 5. The van der Waals surface area contributed by atoms with E-state index in [1.165, 1.54) is 35.6 Å². The number of hydrogen-bond donors (Lipinski definition) is 0. The molecule has 3 aromatic rings. The van der Waals surface area contributed by atoms with Gasteiger partial charge in [0.15, 0.2) is 23.1 Å². The maximum atomic E-state index is 14.4. The van der Waals surface area contributed by atoms with Crippen molar-refractivity contribution in [3.05, 3.63) is 92.2 Å². The number of nitrogens with zero attached hydrogens (tertiary/aromatic N) is 1. The van der Waals surface area contributed by atoms with Crippen molar-refractivity contribution < 1.29 is 19.1 Å². The molecule has 0 unspecified atom stereocenters. The maximum Gasteiger partial charge on any atom is 0.175 e. The number of ether oxygens (including phenoxy) is 2. The van der Waals surface area contributed by atoms with E-state index in [1.807, 2.05) is 13.0 Å². The summed E-state index contributed by atoms with van der Waals surface area (Å²) >= 11 is 3.88. The summed E-state index contributed by atoms with van der Waals surface area (Å²) in [5.41, 5.74) is 6.90. The molecule has 5 nitrogen and oxygen atoms in total. The molecule has 1 heterocycles.